The van der Waals surface area contributed by atoms with E-state index in [1.165, 1.54) is 29.4 Å². The Hall–Kier alpha value is -2.13. The summed E-state index contributed by atoms with van der Waals surface area (Å²) in [7, 11) is 1.42. The monoisotopic (exact) mass is 281 g/mol. The van der Waals surface area contributed by atoms with E-state index in [1.54, 1.807) is 0 Å². The second-order valence-corrected chi connectivity index (χ2v) is 5.42. The molecule has 0 bridgehead atoms. The Bertz CT molecular complexity index is 620. The van der Waals surface area contributed by atoms with E-state index in [2.05, 4.69) is 41.7 Å². The molecule has 3 rings (SSSR count). The molecule has 1 atom stereocenters. The maximum Gasteiger partial charge on any atom is 0.322 e. The maximum atomic E-state index is 11.7. The molecule has 0 unspecified atom stereocenters. The fourth-order valence-electron chi connectivity index (χ4n) is 3.00. The summed E-state index contributed by atoms with van der Waals surface area (Å²) < 4.78 is 4.83. The minimum atomic E-state index is -0.348. The molecule has 0 radical (unpaired) electrons. The molecule has 3 nitrogen and oxygen atoms in total. The van der Waals surface area contributed by atoms with E-state index in [0.717, 1.165) is 6.42 Å². The van der Waals surface area contributed by atoms with Crippen molar-refractivity contribution in [3.63, 3.8) is 0 Å². The summed E-state index contributed by atoms with van der Waals surface area (Å²) in [4.78, 5) is 11.7. The van der Waals surface area contributed by atoms with Gasteiger partial charge in [-0.25, -0.2) is 0 Å². The molecule has 0 spiro atoms. The number of nitrogens with one attached hydrogen (secondary N) is 1. The van der Waals surface area contributed by atoms with E-state index in [9.17, 15) is 4.79 Å². The van der Waals surface area contributed by atoms with Gasteiger partial charge in [0.25, 0.3) is 0 Å². The van der Waals surface area contributed by atoms with Crippen molar-refractivity contribution in [2.75, 3.05) is 7.11 Å². The molecule has 108 valence electrons. The van der Waals surface area contributed by atoms with Gasteiger partial charge < -0.3 is 4.74 Å². The lowest BCUT2D eigenvalue weighted by molar-refractivity contribution is -0.142. The van der Waals surface area contributed by atoms with Crippen LogP contribution in [0.5, 0.6) is 0 Å². The van der Waals surface area contributed by atoms with Crippen LogP contribution >= 0.6 is 0 Å². The molecule has 0 heterocycles. The Morgan fingerprint density at radius 1 is 1.10 bits per heavy atom. The first-order valence-electron chi connectivity index (χ1n) is 7.20. The fourth-order valence-corrected chi connectivity index (χ4v) is 3.00. The highest BCUT2D eigenvalue weighted by Crippen LogP contribution is 2.34. The van der Waals surface area contributed by atoms with Crippen molar-refractivity contribution >= 4 is 5.97 Å². The third-order valence-electron chi connectivity index (χ3n) is 4.08. The predicted molar refractivity (Wildman–Crippen MR) is 82.1 cm³/mol. The van der Waals surface area contributed by atoms with E-state index < -0.39 is 0 Å². The van der Waals surface area contributed by atoms with Gasteiger partial charge in [0.05, 0.1) is 13.2 Å². The number of hydrogen-bond acceptors (Lipinski definition) is 3. The summed E-state index contributed by atoms with van der Waals surface area (Å²) in [6, 6.07) is 16.5. The minimum absolute atomic E-state index is 0.0280. The third kappa shape index (κ3) is 2.57. The molecule has 1 aliphatic rings. The molecule has 1 N–H and O–H groups in total. The van der Waals surface area contributed by atoms with Crippen LogP contribution in [0.25, 0.3) is 0 Å². The lowest BCUT2D eigenvalue weighted by Gasteiger charge is -2.30. The summed E-state index contributed by atoms with van der Waals surface area (Å²) in [5.74, 6) is -0.240. The number of rotatable bonds is 3. The zero-order valence-corrected chi connectivity index (χ0v) is 12.3. The second kappa shape index (κ2) is 5.70. The number of benzene rings is 2. The Kier molecular flexibility index (Phi) is 3.76. The predicted octanol–water partition coefficient (Wildman–Crippen LogP) is 2.83. The van der Waals surface area contributed by atoms with Gasteiger partial charge in [-0.05, 0) is 35.6 Å². The van der Waals surface area contributed by atoms with Crippen molar-refractivity contribution in [2.45, 2.75) is 25.4 Å². The summed E-state index contributed by atoms with van der Waals surface area (Å²) in [6.07, 6.45) is 0.942. The number of fused-ring (bicyclic) bond motifs is 2. The molecule has 0 aliphatic heterocycles. The van der Waals surface area contributed by atoms with Crippen LogP contribution in [-0.4, -0.2) is 19.1 Å². The van der Waals surface area contributed by atoms with Crippen LogP contribution in [0.2, 0.25) is 0 Å². The molecule has 21 heavy (non-hydrogen) atoms. The molecule has 0 saturated carbocycles. The first-order chi connectivity index (χ1) is 10.2. The SMILES string of the molecule is COC(=O)[C@H](C)NC1c2ccccc2Cc2ccccc21. The van der Waals surface area contributed by atoms with Crippen molar-refractivity contribution in [1.82, 2.24) is 5.32 Å². The highest BCUT2D eigenvalue weighted by molar-refractivity contribution is 5.75. The van der Waals surface area contributed by atoms with Crippen LogP contribution in [0.3, 0.4) is 0 Å². The van der Waals surface area contributed by atoms with Gasteiger partial charge in [0, 0.05) is 0 Å². The zero-order chi connectivity index (χ0) is 14.8. The minimum Gasteiger partial charge on any atom is -0.468 e. The van der Waals surface area contributed by atoms with Gasteiger partial charge in [0.2, 0.25) is 0 Å². The summed E-state index contributed by atoms with van der Waals surface area (Å²) in [6.45, 7) is 1.84. The number of methoxy groups -OCH3 is 1. The van der Waals surface area contributed by atoms with Crippen LogP contribution in [-0.2, 0) is 16.0 Å². The van der Waals surface area contributed by atoms with E-state index >= 15 is 0 Å². The fraction of sp³-hybridized carbons (Fsp3) is 0.278. The number of carbonyl (C=O) groups is 1. The Morgan fingerprint density at radius 2 is 1.62 bits per heavy atom. The molecular weight excluding hydrogens is 262 g/mol. The van der Waals surface area contributed by atoms with Gasteiger partial charge in [-0.15, -0.1) is 0 Å². The van der Waals surface area contributed by atoms with Crippen molar-refractivity contribution in [3.8, 4) is 0 Å². The van der Waals surface area contributed by atoms with Gasteiger partial charge in [-0.3, -0.25) is 10.1 Å². The van der Waals surface area contributed by atoms with Crippen molar-refractivity contribution in [2.24, 2.45) is 0 Å². The second-order valence-electron chi connectivity index (χ2n) is 5.42. The Balaban J connectivity index is 2.00. The zero-order valence-electron chi connectivity index (χ0n) is 12.3. The van der Waals surface area contributed by atoms with Crippen molar-refractivity contribution < 1.29 is 9.53 Å². The van der Waals surface area contributed by atoms with Crippen LogP contribution in [0, 0.1) is 0 Å². The number of hydrogen-bond donors (Lipinski definition) is 1. The van der Waals surface area contributed by atoms with Crippen LogP contribution in [0.1, 0.15) is 35.2 Å². The van der Waals surface area contributed by atoms with Crippen LogP contribution in [0.4, 0.5) is 0 Å². The normalized spacial score (nSPS) is 15.0. The average molecular weight is 281 g/mol. The molecule has 0 saturated heterocycles. The van der Waals surface area contributed by atoms with Gasteiger partial charge in [0.15, 0.2) is 0 Å². The highest BCUT2D eigenvalue weighted by atomic mass is 16.5. The van der Waals surface area contributed by atoms with Crippen LogP contribution < -0.4 is 5.32 Å². The first kappa shape index (κ1) is 13.8. The Labute approximate surface area is 124 Å². The van der Waals surface area contributed by atoms with E-state index in [1.807, 2.05) is 19.1 Å². The molecule has 3 heteroatoms. The van der Waals surface area contributed by atoms with E-state index in [4.69, 9.17) is 4.74 Å². The first-order valence-corrected chi connectivity index (χ1v) is 7.20. The molecule has 0 aromatic heterocycles. The lowest BCUT2D eigenvalue weighted by Crippen LogP contribution is -2.39. The molecular formula is C18H19NO2. The lowest BCUT2D eigenvalue weighted by atomic mass is 9.82. The largest absolute Gasteiger partial charge is 0.468 e. The molecule has 0 amide bonds. The van der Waals surface area contributed by atoms with Gasteiger partial charge >= 0.3 is 5.97 Å². The number of ether oxygens (including phenoxy) is 1. The van der Waals surface area contributed by atoms with Gasteiger partial charge in [-0.2, -0.15) is 0 Å². The third-order valence-corrected chi connectivity index (χ3v) is 4.08. The van der Waals surface area contributed by atoms with Crippen molar-refractivity contribution in [3.05, 3.63) is 70.8 Å². The smallest absolute Gasteiger partial charge is 0.322 e. The molecule has 2 aromatic rings. The van der Waals surface area contributed by atoms with Gasteiger partial charge in [-0.1, -0.05) is 48.5 Å². The molecule has 2 aromatic carbocycles. The quantitative estimate of drug-likeness (QED) is 0.879. The van der Waals surface area contributed by atoms with Gasteiger partial charge in [0.1, 0.15) is 6.04 Å². The summed E-state index contributed by atoms with van der Waals surface area (Å²) >= 11 is 0. The number of carbonyl (C=O) groups excluding carboxylic acids is 1. The topological polar surface area (TPSA) is 38.3 Å². The summed E-state index contributed by atoms with van der Waals surface area (Å²) in [5.41, 5.74) is 5.11. The van der Waals surface area contributed by atoms with E-state index in [-0.39, 0.29) is 18.1 Å². The summed E-state index contributed by atoms with van der Waals surface area (Å²) in [5, 5.41) is 3.41. The molecule has 0 fully saturated rings. The standard InChI is InChI=1S/C18H19NO2/c1-12(18(20)21-2)19-17-15-9-5-3-7-13(15)11-14-8-4-6-10-16(14)17/h3-10,12,17,19H,11H2,1-2H3/t12-/m0/s1. The highest BCUT2D eigenvalue weighted by Gasteiger charge is 2.27. The average Bonchev–Trinajstić information content (AvgIpc) is 2.53. The maximum absolute atomic E-state index is 11.7. The van der Waals surface area contributed by atoms with E-state index in [0.29, 0.717) is 0 Å². The van der Waals surface area contributed by atoms with Crippen molar-refractivity contribution in [1.29, 1.82) is 0 Å². The number of esters is 1. The Morgan fingerprint density at radius 3 is 2.14 bits per heavy atom. The van der Waals surface area contributed by atoms with Crippen LogP contribution in [0.15, 0.2) is 48.5 Å². The molecule has 1 aliphatic carbocycles.